The maximum Gasteiger partial charge on any atom is 0.352 e. The summed E-state index contributed by atoms with van der Waals surface area (Å²) in [6.07, 6.45) is 4.67. The van der Waals surface area contributed by atoms with Crippen LogP contribution in [0.3, 0.4) is 0 Å². The first-order valence-electron chi connectivity index (χ1n) is 7.35. The van der Waals surface area contributed by atoms with Gasteiger partial charge in [0.15, 0.2) is 0 Å². The lowest BCUT2D eigenvalue weighted by molar-refractivity contribution is 0.0691. The molecule has 0 radical (unpaired) electrons. The van der Waals surface area contributed by atoms with Gasteiger partial charge in [-0.1, -0.05) is 6.07 Å². The standard InChI is InChI=1S/C16H18N2O2/c19-16(20)15-8-12-10-3-5-13-11(2-1-7-17-13)9(10)4-6-14(12)18-15/h4,6,8,11,13,17-18H,1-3,5,7H2,(H,19,20)/t11-,13+/m1/s1. The summed E-state index contributed by atoms with van der Waals surface area (Å²) in [6.45, 7) is 1.13. The van der Waals surface area contributed by atoms with Crippen LogP contribution in [0, 0.1) is 0 Å². The van der Waals surface area contributed by atoms with Gasteiger partial charge >= 0.3 is 5.97 Å². The minimum absolute atomic E-state index is 0.289. The maximum atomic E-state index is 11.1. The minimum Gasteiger partial charge on any atom is -0.477 e. The molecule has 0 unspecified atom stereocenters. The molecule has 2 atom stereocenters. The van der Waals surface area contributed by atoms with Gasteiger partial charge < -0.3 is 15.4 Å². The van der Waals surface area contributed by atoms with Crippen LogP contribution in [0.4, 0.5) is 0 Å². The maximum absolute atomic E-state index is 11.1. The number of carboxylic acids is 1. The highest BCUT2D eigenvalue weighted by Crippen LogP contribution is 2.40. The van der Waals surface area contributed by atoms with Crippen LogP contribution in [-0.2, 0) is 6.42 Å². The number of benzene rings is 1. The van der Waals surface area contributed by atoms with Crippen LogP contribution in [0.25, 0.3) is 10.9 Å². The Morgan fingerprint density at radius 2 is 2.20 bits per heavy atom. The van der Waals surface area contributed by atoms with E-state index in [9.17, 15) is 4.79 Å². The predicted octanol–water partition coefficient (Wildman–Crippen LogP) is 2.65. The molecule has 1 aliphatic carbocycles. The molecular weight excluding hydrogens is 252 g/mol. The van der Waals surface area contributed by atoms with E-state index in [4.69, 9.17) is 5.11 Å². The van der Waals surface area contributed by atoms with Gasteiger partial charge in [-0.25, -0.2) is 4.79 Å². The van der Waals surface area contributed by atoms with E-state index in [2.05, 4.69) is 16.4 Å². The van der Waals surface area contributed by atoms with E-state index in [1.54, 1.807) is 6.07 Å². The third-order valence-electron chi connectivity index (χ3n) is 4.87. The number of hydrogen-bond donors (Lipinski definition) is 3. The van der Waals surface area contributed by atoms with Crippen molar-refractivity contribution in [1.29, 1.82) is 0 Å². The molecule has 2 aliphatic rings. The van der Waals surface area contributed by atoms with Gasteiger partial charge in [-0.3, -0.25) is 0 Å². The summed E-state index contributed by atoms with van der Waals surface area (Å²) >= 11 is 0. The van der Waals surface area contributed by atoms with Crippen molar-refractivity contribution >= 4 is 16.9 Å². The van der Waals surface area contributed by atoms with Crippen molar-refractivity contribution in [2.45, 2.75) is 37.6 Å². The van der Waals surface area contributed by atoms with E-state index in [0.717, 1.165) is 30.3 Å². The molecule has 1 aromatic carbocycles. The second-order valence-corrected chi connectivity index (χ2v) is 5.93. The number of aryl methyl sites for hydroxylation is 1. The number of rotatable bonds is 1. The smallest absolute Gasteiger partial charge is 0.352 e. The molecule has 0 spiro atoms. The second-order valence-electron chi connectivity index (χ2n) is 5.93. The van der Waals surface area contributed by atoms with Crippen molar-refractivity contribution in [3.05, 3.63) is 35.0 Å². The van der Waals surface area contributed by atoms with Crippen LogP contribution in [0.1, 0.15) is 46.8 Å². The van der Waals surface area contributed by atoms with Crippen LogP contribution in [0.5, 0.6) is 0 Å². The lowest BCUT2D eigenvalue weighted by Crippen LogP contribution is -2.42. The fourth-order valence-electron chi connectivity index (χ4n) is 3.95. The molecule has 1 fully saturated rings. The van der Waals surface area contributed by atoms with E-state index >= 15 is 0 Å². The number of H-pyrrole nitrogens is 1. The van der Waals surface area contributed by atoms with Gasteiger partial charge in [0.05, 0.1) is 0 Å². The van der Waals surface area contributed by atoms with E-state index in [1.807, 2.05) is 6.07 Å². The number of piperidine rings is 1. The number of hydrogen-bond acceptors (Lipinski definition) is 2. The number of aromatic carboxylic acids is 1. The van der Waals surface area contributed by atoms with Gasteiger partial charge in [0.25, 0.3) is 0 Å². The van der Waals surface area contributed by atoms with Gasteiger partial charge in [-0.2, -0.15) is 0 Å². The number of nitrogens with one attached hydrogen (secondary N) is 2. The van der Waals surface area contributed by atoms with Crippen LogP contribution >= 0.6 is 0 Å². The molecule has 20 heavy (non-hydrogen) atoms. The molecular formula is C16H18N2O2. The molecule has 1 aromatic heterocycles. The first-order chi connectivity index (χ1) is 9.74. The fraction of sp³-hybridized carbons (Fsp3) is 0.438. The number of aromatic amines is 1. The Bertz CT molecular complexity index is 689. The fourth-order valence-corrected chi connectivity index (χ4v) is 3.95. The molecule has 2 heterocycles. The van der Waals surface area contributed by atoms with Gasteiger partial charge in [0.2, 0.25) is 0 Å². The Labute approximate surface area is 117 Å². The quantitative estimate of drug-likeness (QED) is 0.746. The summed E-state index contributed by atoms with van der Waals surface area (Å²) in [5.74, 6) is -0.289. The van der Waals surface area contributed by atoms with Crippen LogP contribution in [0.15, 0.2) is 18.2 Å². The predicted molar refractivity (Wildman–Crippen MR) is 77.3 cm³/mol. The normalized spacial score (nSPS) is 25.2. The topological polar surface area (TPSA) is 65.1 Å². The largest absolute Gasteiger partial charge is 0.477 e. The zero-order chi connectivity index (χ0) is 13.7. The molecule has 0 bridgehead atoms. The minimum atomic E-state index is -0.886. The van der Waals surface area contributed by atoms with Crippen molar-refractivity contribution in [1.82, 2.24) is 10.3 Å². The Kier molecular flexibility index (Phi) is 2.60. The number of carboxylic acid groups (broad SMARTS) is 1. The molecule has 104 valence electrons. The Balaban J connectivity index is 1.87. The number of fused-ring (bicyclic) bond motifs is 5. The third kappa shape index (κ3) is 1.68. The molecule has 0 amide bonds. The lowest BCUT2D eigenvalue weighted by atomic mass is 9.74. The van der Waals surface area contributed by atoms with Crippen molar-refractivity contribution in [2.75, 3.05) is 6.54 Å². The van der Waals surface area contributed by atoms with E-state index < -0.39 is 5.97 Å². The summed E-state index contributed by atoms with van der Waals surface area (Å²) in [6, 6.07) is 6.64. The highest BCUT2D eigenvalue weighted by molar-refractivity contribution is 5.95. The van der Waals surface area contributed by atoms with E-state index in [-0.39, 0.29) is 5.69 Å². The first-order valence-corrected chi connectivity index (χ1v) is 7.35. The van der Waals surface area contributed by atoms with Crippen molar-refractivity contribution in [3.8, 4) is 0 Å². The van der Waals surface area contributed by atoms with Gasteiger partial charge in [-0.05, 0) is 61.4 Å². The molecule has 1 saturated heterocycles. The molecule has 3 N–H and O–H groups in total. The lowest BCUT2D eigenvalue weighted by Gasteiger charge is -2.38. The monoisotopic (exact) mass is 270 g/mol. The van der Waals surface area contributed by atoms with E-state index in [0.29, 0.717) is 12.0 Å². The molecule has 4 rings (SSSR count). The highest BCUT2D eigenvalue weighted by Gasteiger charge is 2.32. The van der Waals surface area contributed by atoms with Gasteiger partial charge in [0, 0.05) is 16.9 Å². The summed E-state index contributed by atoms with van der Waals surface area (Å²) in [5.41, 5.74) is 4.02. The Hall–Kier alpha value is -1.81. The number of aromatic nitrogens is 1. The van der Waals surface area contributed by atoms with Gasteiger partial charge in [-0.15, -0.1) is 0 Å². The molecule has 4 nitrogen and oxygen atoms in total. The summed E-state index contributed by atoms with van der Waals surface area (Å²) in [5, 5.41) is 13.9. The van der Waals surface area contributed by atoms with Crippen molar-refractivity contribution < 1.29 is 9.90 Å². The van der Waals surface area contributed by atoms with Crippen molar-refractivity contribution in [2.24, 2.45) is 0 Å². The summed E-state index contributed by atoms with van der Waals surface area (Å²) < 4.78 is 0. The average Bonchev–Trinajstić information content (AvgIpc) is 2.91. The van der Waals surface area contributed by atoms with Crippen molar-refractivity contribution in [3.63, 3.8) is 0 Å². The zero-order valence-corrected chi connectivity index (χ0v) is 11.3. The van der Waals surface area contributed by atoms with Gasteiger partial charge in [0.1, 0.15) is 5.69 Å². The zero-order valence-electron chi connectivity index (χ0n) is 11.3. The second kappa shape index (κ2) is 4.35. The first kappa shape index (κ1) is 12.0. The average molecular weight is 270 g/mol. The molecule has 1 aliphatic heterocycles. The molecule has 4 heteroatoms. The summed E-state index contributed by atoms with van der Waals surface area (Å²) in [7, 11) is 0. The molecule has 0 saturated carbocycles. The third-order valence-corrected chi connectivity index (χ3v) is 4.87. The van der Waals surface area contributed by atoms with Crippen LogP contribution in [0.2, 0.25) is 0 Å². The van der Waals surface area contributed by atoms with Crippen LogP contribution in [-0.4, -0.2) is 28.6 Å². The summed E-state index contributed by atoms with van der Waals surface area (Å²) in [4.78, 5) is 14.1. The Morgan fingerprint density at radius 1 is 1.30 bits per heavy atom. The Morgan fingerprint density at radius 3 is 3.05 bits per heavy atom. The van der Waals surface area contributed by atoms with Crippen LogP contribution < -0.4 is 5.32 Å². The SMILES string of the molecule is O=C(O)c1cc2c3c(ccc2[nH]1)[C@H]1CCCN[C@H]1CC3. The molecule has 2 aromatic rings. The number of carbonyl (C=O) groups is 1. The highest BCUT2D eigenvalue weighted by atomic mass is 16.4. The van der Waals surface area contributed by atoms with E-state index in [1.165, 1.54) is 24.0 Å².